The van der Waals surface area contributed by atoms with E-state index >= 15 is 0 Å². The molecule has 0 radical (unpaired) electrons. The van der Waals surface area contributed by atoms with Crippen LogP contribution in [0.5, 0.6) is 5.75 Å². The van der Waals surface area contributed by atoms with E-state index < -0.39 is 0 Å². The molecule has 0 aliphatic heterocycles. The summed E-state index contributed by atoms with van der Waals surface area (Å²) in [5, 5.41) is 13.4. The van der Waals surface area contributed by atoms with E-state index in [9.17, 15) is 10.1 Å². The molecule has 2 aromatic carbocycles. The Morgan fingerprint density at radius 2 is 1.81 bits per heavy atom. The third-order valence-electron chi connectivity index (χ3n) is 6.17. The molecule has 1 aliphatic rings. The molecular formula is C26H24N4O2. The van der Waals surface area contributed by atoms with Crippen molar-refractivity contribution in [2.45, 2.75) is 44.6 Å². The Balaban J connectivity index is 1.52. The van der Waals surface area contributed by atoms with Gasteiger partial charge in [0.1, 0.15) is 24.1 Å². The zero-order valence-corrected chi connectivity index (χ0v) is 17.8. The lowest BCUT2D eigenvalue weighted by molar-refractivity contribution is 0.306. The number of benzene rings is 2. The summed E-state index contributed by atoms with van der Waals surface area (Å²) in [6, 6.07) is 21.5. The lowest BCUT2D eigenvalue weighted by Crippen LogP contribution is -2.25. The van der Waals surface area contributed by atoms with E-state index in [-0.39, 0.29) is 17.2 Å². The van der Waals surface area contributed by atoms with Gasteiger partial charge in [-0.25, -0.2) is 0 Å². The van der Waals surface area contributed by atoms with Gasteiger partial charge < -0.3 is 9.72 Å². The van der Waals surface area contributed by atoms with Crippen LogP contribution < -0.4 is 10.3 Å². The zero-order valence-electron chi connectivity index (χ0n) is 17.8. The fourth-order valence-electron chi connectivity index (χ4n) is 4.55. The number of fused-ring (bicyclic) bond motifs is 1. The minimum Gasteiger partial charge on any atom is -0.489 e. The number of rotatable bonds is 5. The average Bonchev–Trinajstić information content (AvgIpc) is 3.28. The van der Waals surface area contributed by atoms with Gasteiger partial charge in [0.25, 0.3) is 5.56 Å². The molecule has 0 spiro atoms. The number of ether oxygens (including phenoxy) is 1. The minimum atomic E-state index is -0.133. The molecule has 6 heteroatoms. The number of H-pyrrole nitrogens is 1. The monoisotopic (exact) mass is 424 g/mol. The Hall–Kier alpha value is -3.85. The molecule has 0 amide bonds. The molecule has 4 aromatic rings. The molecule has 5 rings (SSSR count). The predicted octanol–water partition coefficient (Wildman–Crippen LogP) is 5.19. The van der Waals surface area contributed by atoms with E-state index in [1.807, 2.05) is 60.7 Å². The zero-order chi connectivity index (χ0) is 21.9. The van der Waals surface area contributed by atoms with Crippen molar-refractivity contribution in [2.24, 2.45) is 0 Å². The second-order valence-corrected chi connectivity index (χ2v) is 8.29. The number of aromatic nitrogens is 3. The number of nitrogens with one attached hydrogen (secondary N) is 1. The third kappa shape index (κ3) is 3.90. The Morgan fingerprint density at radius 3 is 2.53 bits per heavy atom. The Bertz CT molecular complexity index is 1320. The van der Waals surface area contributed by atoms with Gasteiger partial charge in [-0.05, 0) is 54.2 Å². The maximum absolute atomic E-state index is 13.4. The molecule has 0 saturated heterocycles. The fraction of sp³-hybridized carbons (Fsp3) is 0.269. The molecule has 6 nitrogen and oxygen atoms in total. The molecule has 0 unspecified atom stereocenters. The van der Waals surface area contributed by atoms with Gasteiger partial charge >= 0.3 is 0 Å². The standard InChI is InChI=1S/C26H24N4O2/c27-16-21-15-23-28-25(24(26(31)30(23)29-21)19-9-5-2-6-10-19)20-11-13-22(14-12-20)32-17-18-7-3-1-4-8-18/h1,3-4,7-8,11-15,19,28H,2,5-6,9-10,17H2. The van der Waals surface area contributed by atoms with Gasteiger partial charge in [0.05, 0.1) is 5.69 Å². The van der Waals surface area contributed by atoms with E-state index in [1.54, 1.807) is 6.07 Å². The van der Waals surface area contributed by atoms with Crippen LogP contribution in [0, 0.1) is 11.3 Å². The maximum Gasteiger partial charge on any atom is 0.278 e. The highest BCUT2D eigenvalue weighted by Crippen LogP contribution is 2.36. The lowest BCUT2D eigenvalue weighted by atomic mass is 9.83. The summed E-state index contributed by atoms with van der Waals surface area (Å²) >= 11 is 0. The lowest BCUT2D eigenvalue weighted by Gasteiger charge is -2.23. The quantitative estimate of drug-likeness (QED) is 0.478. The van der Waals surface area contributed by atoms with Crippen LogP contribution in [-0.2, 0) is 6.61 Å². The summed E-state index contributed by atoms with van der Waals surface area (Å²) in [5.74, 6) is 0.965. The molecule has 1 saturated carbocycles. The third-order valence-corrected chi connectivity index (χ3v) is 6.17. The molecule has 2 aromatic heterocycles. The van der Waals surface area contributed by atoms with Crippen molar-refractivity contribution in [2.75, 3.05) is 0 Å². The van der Waals surface area contributed by atoms with Crippen molar-refractivity contribution < 1.29 is 4.74 Å². The smallest absolute Gasteiger partial charge is 0.278 e. The Morgan fingerprint density at radius 1 is 1.06 bits per heavy atom. The summed E-state index contributed by atoms with van der Waals surface area (Å²) in [6.07, 6.45) is 5.44. The summed E-state index contributed by atoms with van der Waals surface area (Å²) < 4.78 is 7.26. The highest BCUT2D eigenvalue weighted by atomic mass is 16.5. The van der Waals surface area contributed by atoms with Gasteiger partial charge in [0.15, 0.2) is 5.69 Å². The second-order valence-electron chi connectivity index (χ2n) is 8.29. The van der Waals surface area contributed by atoms with Gasteiger partial charge in [-0.15, -0.1) is 0 Å². The van der Waals surface area contributed by atoms with E-state index in [1.165, 1.54) is 10.9 Å². The topological polar surface area (TPSA) is 83.2 Å². The first-order valence-corrected chi connectivity index (χ1v) is 11.1. The van der Waals surface area contributed by atoms with Crippen molar-refractivity contribution in [1.29, 1.82) is 5.26 Å². The van der Waals surface area contributed by atoms with E-state index in [0.29, 0.717) is 12.3 Å². The Labute approximate surface area is 186 Å². The summed E-state index contributed by atoms with van der Waals surface area (Å²) in [7, 11) is 0. The van der Waals surface area contributed by atoms with Crippen LogP contribution in [0.4, 0.5) is 0 Å². The summed E-state index contributed by atoms with van der Waals surface area (Å²) in [4.78, 5) is 16.8. The number of hydrogen-bond donors (Lipinski definition) is 1. The minimum absolute atomic E-state index is 0.133. The molecule has 0 bridgehead atoms. The number of nitrogens with zero attached hydrogens (tertiary/aromatic N) is 3. The SMILES string of the molecule is N#Cc1cc2[nH]c(-c3ccc(OCc4ccccc4)cc3)c(C3CCCCC3)c(=O)n2n1. The van der Waals surface area contributed by atoms with Gasteiger partial charge in [0, 0.05) is 11.6 Å². The van der Waals surface area contributed by atoms with Gasteiger partial charge in [0.2, 0.25) is 0 Å². The van der Waals surface area contributed by atoms with Gasteiger partial charge in [-0.3, -0.25) is 4.79 Å². The first kappa shape index (κ1) is 20.1. The van der Waals surface area contributed by atoms with Gasteiger partial charge in [-0.1, -0.05) is 49.6 Å². The van der Waals surface area contributed by atoms with Crippen LogP contribution in [0.1, 0.15) is 54.8 Å². The highest BCUT2D eigenvalue weighted by molar-refractivity contribution is 5.67. The summed E-state index contributed by atoms with van der Waals surface area (Å²) in [6.45, 7) is 0.503. The van der Waals surface area contributed by atoms with Crippen molar-refractivity contribution in [3.8, 4) is 23.1 Å². The maximum atomic E-state index is 13.4. The van der Waals surface area contributed by atoms with E-state index in [4.69, 9.17) is 4.74 Å². The number of hydrogen-bond acceptors (Lipinski definition) is 4. The van der Waals surface area contributed by atoms with Crippen LogP contribution in [-0.4, -0.2) is 14.6 Å². The van der Waals surface area contributed by atoms with E-state index in [2.05, 4.69) is 10.1 Å². The van der Waals surface area contributed by atoms with Crippen LogP contribution >= 0.6 is 0 Å². The second kappa shape index (κ2) is 8.72. The van der Waals surface area contributed by atoms with E-state index in [0.717, 1.165) is 53.8 Å². The molecule has 160 valence electrons. The largest absolute Gasteiger partial charge is 0.489 e. The van der Waals surface area contributed by atoms with Crippen molar-refractivity contribution in [3.63, 3.8) is 0 Å². The molecule has 1 N–H and O–H groups in total. The normalized spacial score (nSPS) is 14.3. The predicted molar refractivity (Wildman–Crippen MR) is 123 cm³/mol. The number of aromatic amines is 1. The Kier molecular flexibility index (Phi) is 5.47. The van der Waals surface area contributed by atoms with Crippen LogP contribution in [0.2, 0.25) is 0 Å². The molecule has 2 heterocycles. The van der Waals surface area contributed by atoms with Crippen LogP contribution in [0.15, 0.2) is 65.5 Å². The average molecular weight is 425 g/mol. The summed E-state index contributed by atoms with van der Waals surface area (Å²) in [5.41, 5.74) is 4.25. The van der Waals surface area contributed by atoms with Gasteiger partial charge in [-0.2, -0.15) is 14.9 Å². The van der Waals surface area contributed by atoms with Crippen LogP contribution in [0.3, 0.4) is 0 Å². The van der Waals surface area contributed by atoms with Crippen molar-refractivity contribution in [3.05, 3.63) is 87.8 Å². The molecule has 1 fully saturated rings. The molecule has 0 atom stereocenters. The van der Waals surface area contributed by atoms with Crippen molar-refractivity contribution >= 4 is 5.65 Å². The highest BCUT2D eigenvalue weighted by Gasteiger charge is 2.25. The molecular weight excluding hydrogens is 400 g/mol. The van der Waals surface area contributed by atoms with Crippen molar-refractivity contribution in [1.82, 2.24) is 14.6 Å². The molecule has 32 heavy (non-hydrogen) atoms. The number of nitriles is 1. The fourth-order valence-corrected chi connectivity index (χ4v) is 4.55. The molecule has 1 aliphatic carbocycles. The van der Waals surface area contributed by atoms with Crippen LogP contribution in [0.25, 0.3) is 16.9 Å². The first-order chi connectivity index (χ1) is 15.7. The first-order valence-electron chi connectivity index (χ1n) is 11.1.